The Morgan fingerprint density at radius 3 is 1.50 bits per heavy atom. The lowest BCUT2D eigenvalue weighted by atomic mass is 9.96. The maximum atomic E-state index is 14.7. The first-order chi connectivity index (χ1) is 50.4. The third-order valence-electron chi connectivity index (χ3n) is 16.4. The highest BCUT2D eigenvalue weighted by Crippen LogP contribution is 2.58. The number of aromatic nitrogens is 8. The molecular formula is C72H97Cl3N12O18P2. The number of fused-ring (bicyclic) bond motifs is 4. The largest absolute Gasteiger partial charge is 0.476 e. The van der Waals surface area contributed by atoms with Crippen molar-refractivity contribution in [3.63, 3.8) is 0 Å². The summed E-state index contributed by atoms with van der Waals surface area (Å²) in [5.41, 5.74) is 14.9. The number of hydrogen-bond acceptors (Lipinski definition) is 27. The van der Waals surface area contributed by atoms with E-state index in [1.807, 2.05) is 94.4 Å². The number of halogens is 3. The number of unbranched alkanes of at least 4 members (excludes halogenated alkanes) is 2. The molecule has 11 atom stereocenters. The Labute approximate surface area is 636 Å². The molecule has 107 heavy (non-hydrogen) atoms. The maximum absolute atomic E-state index is 14.7. The van der Waals surface area contributed by atoms with Crippen molar-refractivity contribution in [1.29, 1.82) is 0 Å². The van der Waals surface area contributed by atoms with E-state index in [1.165, 1.54) is 35.6 Å². The second-order valence-corrected chi connectivity index (χ2v) is 31.8. The number of ether oxygens (including phenoxy) is 6. The van der Waals surface area contributed by atoms with E-state index in [0.717, 1.165) is 29.0 Å². The van der Waals surface area contributed by atoms with Crippen molar-refractivity contribution in [3.05, 3.63) is 148 Å². The van der Waals surface area contributed by atoms with Crippen LogP contribution in [0.1, 0.15) is 105 Å². The summed E-state index contributed by atoms with van der Waals surface area (Å²) < 4.78 is 79.4. The molecule has 35 heteroatoms. The molecular weight excluding hydrogens is 1490 g/mol. The van der Waals surface area contributed by atoms with Gasteiger partial charge in [0.25, 0.3) is 0 Å². The molecule has 4 aromatic carbocycles. The summed E-state index contributed by atoms with van der Waals surface area (Å²) in [5, 5.41) is 59.1. The second kappa shape index (κ2) is 41.1. The van der Waals surface area contributed by atoms with Crippen molar-refractivity contribution in [3.8, 4) is 23.3 Å². The van der Waals surface area contributed by atoms with Gasteiger partial charge >= 0.3 is 25.8 Å². The minimum atomic E-state index is -4.44. The van der Waals surface area contributed by atoms with Crippen LogP contribution in [-0.4, -0.2) is 164 Å². The van der Waals surface area contributed by atoms with Crippen molar-refractivity contribution >= 4 is 116 Å². The number of nitrogen functional groups attached to an aromatic ring is 2. The zero-order chi connectivity index (χ0) is 77.5. The van der Waals surface area contributed by atoms with E-state index < -0.39 is 93.2 Å². The molecule has 2 aliphatic heterocycles. The Kier molecular flexibility index (Phi) is 33.8. The highest BCUT2D eigenvalue weighted by molar-refractivity contribution is 8.05. The van der Waals surface area contributed by atoms with Crippen molar-refractivity contribution in [2.75, 3.05) is 51.1 Å². The third kappa shape index (κ3) is 24.3. The van der Waals surface area contributed by atoms with Crippen molar-refractivity contribution < 1.29 is 86.2 Å². The highest BCUT2D eigenvalue weighted by Gasteiger charge is 2.55. The van der Waals surface area contributed by atoms with Crippen LogP contribution in [-0.2, 0) is 42.2 Å². The Morgan fingerprint density at radius 2 is 1.07 bits per heavy atom. The molecule has 0 bridgehead atoms. The number of imidazole rings is 2. The monoisotopic (exact) mass is 1580 g/mol. The summed E-state index contributed by atoms with van der Waals surface area (Å²) in [6.07, 6.45) is 3.94. The number of rotatable bonds is 34. The molecule has 4 aromatic heterocycles. The fourth-order valence-electron chi connectivity index (χ4n) is 11.1. The highest BCUT2D eigenvalue weighted by atomic mass is 35.9. The number of carbonyl (C=O) groups is 2. The van der Waals surface area contributed by atoms with Gasteiger partial charge in [0.1, 0.15) is 59.2 Å². The van der Waals surface area contributed by atoms with Crippen LogP contribution in [0, 0.1) is 11.8 Å². The number of benzene rings is 4. The number of anilines is 2. The molecule has 2 aliphatic rings. The predicted octanol–water partition coefficient (Wildman–Crippen LogP) is 11.7. The molecule has 6 heterocycles. The van der Waals surface area contributed by atoms with Crippen molar-refractivity contribution in [1.82, 2.24) is 44.1 Å². The maximum Gasteiger partial charge on any atom is 0.459 e. The molecule has 30 nitrogen and oxygen atoms in total. The number of aliphatic hydroxyl groups excluding tert-OH is 3. The Morgan fingerprint density at radius 1 is 0.636 bits per heavy atom. The molecule has 0 aliphatic carbocycles. The van der Waals surface area contributed by atoms with E-state index in [9.17, 15) is 44.3 Å². The van der Waals surface area contributed by atoms with E-state index in [-0.39, 0.29) is 90.1 Å². The van der Waals surface area contributed by atoms with Gasteiger partial charge in [-0.3, -0.25) is 23.2 Å². The zero-order valence-electron chi connectivity index (χ0n) is 60.5. The topological polar surface area (TPSA) is 430 Å². The fraction of sp³-hybridized carbons (Fsp3) is 0.444. The standard InChI is InChI=1S/C36H47N6O9P.C15H21N5O5.C11H21NO2.C10H7Cl2O2P.ClH/c1-6-8-12-19-48-33(44)26(20-23(3)4)41-52(46,51-27-17-13-15-24-14-10-11-16-25(24)27)49-21-28-30(43)36(5,45)34(50-28)42-22-38-29-31(42)39-35(37)40-32(29)47-18-9-7-2;1-3-4-5-24-12-9-11(18-14(16)19-12)20(7-17-9)13-15(2,23)10(22)8(6-21)25-13;1-4-5-6-7-14-11(13)10(12)8-9(2)3;11-15(12,13)14-10-7-3-5-8-4-1-2-6-9(8)10;/h6-7,10-11,13-17,22-23,26,28,30,34,43,45H,1-2,8-9,12,18-21H2,3-5H3,(H,41,46)(H2,37,39,40);3,7-8,10,13,21-23H,1,4-6H2,2H3,(H2,16,18,19);4,9-10H,1,5-8,12H2,2-3H3;1-7H;1H/t26-,28?,30+,34?,36+,52?;8?,10-,13?,15-;10-;;/m010../s1. The first kappa shape index (κ1) is 88.0. The van der Waals surface area contributed by atoms with Crippen LogP contribution in [0.4, 0.5) is 11.9 Å². The minimum absolute atomic E-state index is 0. The van der Waals surface area contributed by atoms with Crippen LogP contribution in [0.15, 0.2) is 148 Å². The molecule has 2 fully saturated rings. The number of nitrogens with two attached hydrogens (primary N) is 3. The Hall–Kier alpha value is -7.87. The molecule has 0 saturated carbocycles. The van der Waals surface area contributed by atoms with Gasteiger partial charge in [0.15, 0.2) is 34.8 Å². The molecule has 0 spiro atoms. The Balaban J connectivity index is 0.000000266. The van der Waals surface area contributed by atoms with Gasteiger partial charge in [0.2, 0.25) is 23.7 Å². The molecule has 0 amide bonds. The number of hydrogen-bond donors (Lipinski definition) is 9. The van der Waals surface area contributed by atoms with E-state index >= 15 is 0 Å². The summed E-state index contributed by atoms with van der Waals surface area (Å²) in [5.74, 6) is 0.389. The lowest BCUT2D eigenvalue weighted by Gasteiger charge is -2.28. The number of carbonyl (C=O) groups excluding carboxylic acids is 2. The number of esters is 2. The van der Waals surface area contributed by atoms with Gasteiger partial charge in [0.05, 0.1) is 52.3 Å². The van der Waals surface area contributed by atoms with Crippen LogP contribution in [0.5, 0.6) is 23.3 Å². The molecule has 10 rings (SSSR count). The molecule has 0 radical (unpaired) electrons. The van der Waals surface area contributed by atoms with E-state index in [1.54, 1.807) is 42.5 Å². The van der Waals surface area contributed by atoms with Crippen LogP contribution >= 0.6 is 48.7 Å². The summed E-state index contributed by atoms with van der Waals surface area (Å²) in [6.45, 7) is 25.5. The van der Waals surface area contributed by atoms with Gasteiger partial charge < -0.3 is 80.2 Å². The van der Waals surface area contributed by atoms with E-state index in [4.69, 9.17) is 81.7 Å². The van der Waals surface area contributed by atoms with Crippen LogP contribution < -0.4 is 40.8 Å². The van der Waals surface area contributed by atoms with E-state index in [2.05, 4.69) is 61.3 Å². The third-order valence-corrected chi connectivity index (χ3v) is 18.8. The van der Waals surface area contributed by atoms with Crippen LogP contribution in [0.3, 0.4) is 0 Å². The smallest absolute Gasteiger partial charge is 0.459 e. The number of nitrogens with zero attached hydrogens (tertiary/aromatic N) is 8. The fourth-order valence-corrected chi connectivity index (χ4v) is 13.5. The molecule has 8 aromatic rings. The average Bonchev–Trinajstić information content (AvgIpc) is 1.60. The SMILES string of the molecule is C=CCCCOC(=O)[C@@H](N)CC(C)C.C=CCCCOC(=O)[C@H](CC(C)C)NP(=O)(OCC1OC(n2cnc3c(OCCC=C)nc(N)nc32)[C@](C)(O)[C@@H]1O)Oc1cccc2ccccc12.C=CCCOc1nc(N)nc2c1ncn2C1OC(CO)[C@@H](O)[C@@]1(C)O.Cl.O=P(Cl)(Cl)Oc1cccc2ccccc12. The first-order valence-electron chi connectivity index (χ1n) is 34.3. The Bertz CT molecular complexity index is 4350. The molecule has 2 saturated heterocycles. The molecule has 584 valence electrons. The average molecular weight is 1590 g/mol. The minimum Gasteiger partial charge on any atom is -0.476 e. The van der Waals surface area contributed by atoms with Gasteiger partial charge in [0, 0.05) is 33.3 Å². The zero-order valence-corrected chi connectivity index (χ0v) is 64.6. The normalized spacial score (nSPS) is 20.7. The molecule has 12 N–H and O–H groups in total. The summed E-state index contributed by atoms with van der Waals surface area (Å²) in [6, 6.07) is 24.0. The lowest BCUT2D eigenvalue weighted by molar-refractivity contribution is -0.146. The number of allylic oxidation sites excluding steroid dienone is 2. The van der Waals surface area contributed by atoms with Gasteiger partial charge in [-0.15, -0.1) is 38.7 Å². The second-order valence-electron chi connectivity index (χ2n) is 25.9. The van der Waals surface area contributed by atoms with Gasteiger partial charge in [-0.05, 0) is 100.0 Å². The van der Waals surface area contributed by atoms with Gasteiger partial charge in [-0.2, -0.15) is 25.0 Å². The lowest BCUT2D eigenvalue weighted by Crippen LogP contribution is -2.44. The van der Waals surface area contributed by atoms with Crippen molar-refractivity contribution in [2.24, 2.45) is 17.6 Å². The van der Waals surface area contributed by atoms with Gasteiger partial charge in [-0.1, -0.05) is 125 Å². The van der Waals surface area contributed by atoms with Crippen LogP contribution in [0.25, 0.3) is 43.9 Å². The van der Waals surface area contributed by atoms with Gasteiger partial charge in [-0.25, -0.2) is 19.1 Å². The molecule has 5 unspecified atom stereocenters. The van der Waals surface area contributed by atoms with Crippen LogP contribution in [0.2, 0.25) is 0 Å². The van der Waals surface area contributed by atoms with Crippen molar-refractivity contribution in [2.45, 2.75) is 153 Å². The first-order valence-corrected chi connectivity index (χ1v) is 39.2. The summed E-state index contributed by atoms with van der Waals surface area (Å²) in [4.78, 5) is 49.8. The number of nitrogens with one attached hydrogen (secondary N) is 1. The predicted molar refractivity (Wildman–Crippen MR) is 412 cm³/mol. The summed E-state index contributed by atoms with van der Waals surface area (Å²) in [7, 11) is -4.44. The quantitative estimate of drug-likeness (QED) is 0.00783. The van der Waals surface area contributed by atoms with E-state index in [0.29, 0.717) is 67.9 Å². The summed E-state index contributed by atoms with van der Waals surface area (Å²) >= 11 is 10.7. The number of aliphatic hydroxyl groups is 5.